The molecule has 13 heavy (non-hydrogen) atoms. The summed E-state index contributed by atoms with van der Waals surface area (Å²) in [6.07, 6.45) is -0.0556. The van der Waals surface area contributed by atoms with Crippen molar-refractivity contribution in [3.8, 4) is 0 Å². The second-order valence-electron chi connectivity index (χ2n) is 3.81. The van der Waals surface area contributed by atoms with Crippen LogP contribution in [0.2, 0.25) is 0 Å². The van der Waals surface area contributed by atoms with Gasteiger partial charge in [-0.05, 0) is 13.8 Å². The van der Waals surface area contributed by atoms with Gasteiger partial charge in [0.25, 0.3) is 0 Å². The van der Waals surface area contributed by atoms with Crippen LogP contribution in [0.15, 0.2) is 0 Å². The second-order valence-corrected chi connectivity index (χ2v) is 3.81. The van der Waals surface area contributed by atoms with Gasteiger partial charge in [-0.3, -0.25) is 0 Å². The van der Waals surface area contributed by atoms with Crippen molar-refractivity contribution >= 4 is 0 Å². The highest BCUT2D eigenvalue weighted by molar-refractivity contribution is 4.40. The zero-order chi connectivity index (χ0) is 9.61. The van der Waals surface area contributed by atoms with Crippen molar-refractivity contribution in [1.82, 2.24) is 0 Å². The molecule has 0 aliphatic rings. The average Bonchev–Trinajstić information content (AvgIpc) is 1.84. The van der Waals surface area contributed by atoms with Crippen molar-refractivity contribution in [2.75, 3.05) is 40.9 Å². The van der Waals surface area contributed by atoms with Gasteiger partial charge in [-0.15, -0.1) is 0 Å². The average molecular weight is 192 g/mol. The third-order valence-electron chi connectivity index (χ3n) is 1.40. The van der Waals surface area contributed by atoms with Crippen molar-refractivity contribution in [1.29, 1.82) is 0 Å². The van der Waals surface area contributed by atoms with Crippen LogP contribution in [0.5, 0.6) is 0 Å². The predicted molar refractivity (Wildman–Crippen MR) is 56.7 cm³/mol. The molecule has 0 amide bonds. The first-order valence-corrected chi connectivity index (χ1v) is 4.53. The molecule has 0 fully saturated rings. The maximum atomic E-state index is 5.42. The highest BCUT2D eigenvalue weighted by Crippen LogP contribution is 2.01. The fourth-order valence-electron chi connectivity index (χ4n) is 0.973. The zero-order valence-corrected chi connectivity index (χ0v) is 8.96. The molecular weight excluding hydrogens is 166 g/mol. The maximum Gasteiger partial charge on any atom is 0.207 e. The van der Waals surface area contributed by atoms with E-state index in [1.807, 2.05) is 13.8 Å². The fraction of sp³-hybridized carbons (Fsp3) is 1.00. The normalized spacial score (nSPS) is 11.5. The number of nitrogens with zero attached hydrogens (tertiary/aromatic N) is 1. The number of quaternary nitrogens is 1. The third-order valence-corrected chi connectivity index (χ3v) is 1.40. The minimum atomic E-state index is -0.0556. The minimum absolute atomic E-state index is 0. The summed E-state index contributed by atoms with van der Waals surface area (Å²) in [6, 6.07) is 0. The molecule has 0 aromatic carbocycles. The van der Waals surface area contributed by atoms with Gasteiger partial charge in [-0.1, -0.05) is 7.43 Å². The number of hydrogen-bond donors (Lipinski definition) is 0. The molecule has 0 heterocycles. The van der Waals surface area contributed by atoms with Crippen LogP contribution in [-0.2, 0) is 9.47 Å². The van der Waals surface area contributed by atoms with Gasteiger partial charge in [-0.2, -0.15) is 0 Å². The van der Waals surface area contributed by atoms with Crippen LogP contribution in [0.25, 0.3) is 0 Å². The Hall–Kier alpha value is -0.120. The van der Waals surface area contributed by atoms with E-state index in [0.717, 1.165) is 11.0 Å². The van der Waals surface area contributed by atoms with Gasteiger partial charge in [0.2, 0.25) is 6.29 Å². The van der Waals surface area contributed by atoms with Crippen LogP contribution < -0.4 is 0 Å². The van der Waals surface area contributed by atoms with Crippen LogP contribution >= 0.6 is 0 Å². The number of hydrogen-bond acceptors (Lipinski definition) is 2. The third kappa shape index (κ3) is 9.80. The van der Waals surface area contributed by atoms with E-state index in [1.165, 1.54) is 0 Å². The van der Waals surface area contributed by atoms with Gasteiger partial charge in [0.05, 0.1) is 21.1 Å². The molecule has 0 radical (unpaired) electrons. The first-order valence-electron chi connectivity index (χ1n) is 4.53. The highest BCUT2D eigenvalue weighted by Gasteiger charge is 2.17. The summed E-state index contributed by atoms with van der Waals surface area (Å²) in [5, 5.41) is 0. The molecule has 0 unspecified atom stereocenters. The summed E-state index contributed by atoms with van der Waals surface area (Å²) in [5.74, 6) is 0. The van der Waals surface area contributed by atoms with Crippen LogP contribution in [0.4, 0.5) is 0 Å². The van der Waals surface area contributed by atoms with E-state index < -0.39 is 0 Å². The van der Waals surface area contributed by atoms with Crippen molar-refractivity contribution < 1.29 is 14.0 Å². The molecule has 0 rings (SSSR count). The monoisotopic (exact) mass is 192 g/mol. The van der Waals surface area contributed by atoms with E-state index in [0.29, 0.717) is 13.2 Å². The molecule has 0 saturated carbocycles. The number of rotatable bonds is 6. The molecule has 0 aliphatic carbocycles. The predicted octanol–water partition coefficient (Wildman–Crippen LogP) is 1.73. The van der Waals surface area contributed by atoms with Gasteiger partial charge in [0.1, 0.15) is 6.54 Å². The Balaban J connectivity index is 0. The van der Waals surface area contributed by atoms with E-state index in [9.17, 15) is 0 Å². The molecule has 0 spiro atoms. The van der Waals surface area contributed by atoms with Gasteiger partial charge in [-0.25, -0.2) is 0 Å². The molecule has 0 N–H and O–H groups in total. The van der Waals surface area contributed by atoms with Gasteiger partial charge in [0, 0.05) is 13.2 Å². The summed E-state index contributed by atoms with van der Waals surface area (Å²) < 4.78 is 11.7. The Morgan fingerprint density at radius 2 is 1.38 bits per heavy atom. The molecule has 0 aliphatic heterocycles. The lowest BCUT2D eigenvalue weighted by Gasteiger charge is -2.28. The molecule has 3 heteroatoms. The Morgan fingerprint density at radius 1 is 1.00 bits per heavy atom. The van der Waals surface area contributed by atoms with Crippen molar-refractivity contribution in [2.45, 2.75) is 27.6 Å². The van der Waals surface area contributed by atoms with Crippen molar-refractivity contribution in [3.05, 3.63) is 0 Å². The summed E-state index contributed by atoms with van der Waals surface area (Å²) in [7, 11) is 6.39. The molecule has 0 aromatic rings. The molecule has 0 saturated heterocycles. The SMILES string of the molecule is C.CCOC(C[N+](C)(C)C)OCC. The van der Waals surface area contributed by atoms with Crippen LogP contribution in [-0.4, -0.2) is 51.7 Å². The molecule has 82 valence electrons. The smallest absolute Gasteiger partial charge is 0.207 e. The number of ether oxygens (including phenoxy) is 2. The molecule has 0 atom stereocenters. The Bertz CT molecular complexity index is 104. The first-order chi connectivity index (χ1) is 5.49. The summed E-state index contributed by atoms with van der Waals surface area (Å²) in [4.78, 5) is 0. The van der Waals surface area contributed by atoms with E-state index >= 15 is 0 Å². The van der Waals surface area contributed by atoms with Crippen molar-refractivity contribution in [3.63, 3.8) is 0 Å². The Labute approximate surface area is 83.2 Å². The van der Waals surface area contributed by atoms with Crippen LogP contribution in [0.3, 0.4) is 0 Å². The zero-order valence-electron chi connectivity index (χ0n) is 8.96. The molecule has 0 aromatic heterocycles. The second kappa shape index (κ2) is 7.30. The quantitative estimate of drug-likeness (QED) is 0.471. The van der Waals surface area contributed by atoms with Gasteiger partial charge in [0.15, 0.2) is 0 Å². The molecule has 0 bridgehead atoms. The lowest BCUT2D eigenvalue weighted by Crippen LogP contribution is -2.43. The van der Waals surface area contributed by atoms with Crippen LogP contribution in [0, 0.1) is 0 Å². The van der Waals surface area contributed by atoms with Gasteiger partial charge >= 0.3 is 0 Å². The lowest BCUT2D eigenvalue weighted by molar-refractivity contribution is -0.876. The van der Waals surface area contributed by atoms with E-state index in [4.69, 9.17) is 9.47 Å². The number of likely N-dealkylation sites (N-methyl/N-ethyl adjacent to an activating group) is 1. The topological polar surface area (TPSA) is 18.5 Å². The van der Waals surface area contributed by atoms with Crippen LogP contribution in [0.1, 0.15) is 21.3 Å². The summed E-state index contributed by atoms with van der Waals surface area (Å²) >= 11 is 0. The summed E-state index contributed by atoms with van der Waals surface area (Å²) in [5.41, 5.74) is 0. The van der Waals surface area contributed by atoms with Gasteiger partial charge < -0.3 is 14.0 Å². The Kier molecular flexibility index (Phi) is 8.62. The van der Waals surface area contributed by atoms with E-state index in [1.54, 1.807) is 0 Å². The largest absolute Gasteiger partial charge is 0.348 e. The minimum Gasteiger partial charge on any atom is -0.348 e. The maximum absolute atomic E-state index is 5.42. The Morgan fingerprint density at radius 3 is 1.62 bits per heavy atom. The van der Waals surface area contributed by atoms with E-state index in [-0.39, 0.29) is 13.7 Å². The molecule has 3 nitrogen and oxygen atoms in total. The fourth-order valence-corrected chi connectivity index (χ4v) is 0.973. The summed E-state index contributed by atoms with van der Waals surface area (Å²) in [6.45, 7) is 6.29. The first kappa shape index (κ1) is 15.4. The van der Waals surface area contributed by atoms with E-state index in [2.05, 4.69) is 21.1 Å². The standard InChI is InChI=1S/C9H22NO2.CH4/c1-6-11-9(12-7-2)8-10(3,4)5;/h9H,6-8H2,1-5H3;1H4/q+1;. The molecular formula is C10H26NO2+. The highest BCUT2D eigenvalue weighted by atomic mass is 16.7. The van der Waals surface area contributed by atoms with Crippen molar-refractivity contribution in [2.24, 2.45) is 0 Å². The lowest BCUT2D eigenvalue weighted by atomic mass is 10.5.